The SMILES string of the molecule is CC(O)C(NC(=O)C(N)Cc1ccccc1)C(=O)NC(CCC(=O)O)C(=O)NC(CCCN=C(N)N)C(=O)O. The largest absolute Gasteiger partial charge is 0.481 e. The van der Waals surface area contributed by atoms with Crippen molar-refractivity contribution in [2.24, 2.45) is 22.2 Å². The van der Waals surface area contributed by atoms with Gasteiger partial charge < -0.3 is 48.5 Å². The maximum Gasteiger partial charge on any atom is 0.326 e. The molecule has 0 spiro atoms. The highest BCUT2D eigenvalue weighted by atomic mass is 16.4. The van der Waals surface area contributed by atoms with Gasteiger partial charge in [-0.15, -0.1) is 0 Å². The van der Waals surface area contributed by atoms with Gasteiger partial charge in [-0.2, -0.15) is 0 Å². The Labute approximate surface area is 225 Å². The summed E-state index contributed by atoms with van der Waals surface area (Å²) in [6, 6.07) is 3.43. The predicted molar refractivity (Wildman–Crippen MR) is 140 cm³/mol. The van der Waals surface area contributed by atoms with Crippen LogP contribution in [-0.4, -0.2) is 87.8 Å². The topological polar surface area (TPSA) is 273 Å². The van der Waals surface area contributed by atoms with Gasteiger partial charge in [0.1, 0.15) is 18.1 Å². The van der Waals surface area contributed by atoms with Crippen molar-refractivity contribution in [1.29, 1.82) is 0 Å². The molecule has 1 rings (SSSR count). The van der Waals surface area contributed by atoms with Gasteiger partial charge in [0.25, 0.3) is 0 Å². The molecule has 39 heavy (non-hydrogen) atoms. The summed E-state index contributed by atoms with van der Waals surface area (Å²) in [5, 5.41) is 35.5. The van der Waals surface area contributed by atoms with Gasteiger partial charge in [0.05, 0.1) is 12.1 Å². The fraction of sp³-hybridized carbons (Fsp3) is 0.500. The van der Waals surface area contributed by atoms with Crippen LogP contribution in [0.1, 0.15) is 38.2 Å². The van der Waals surface area contributed by atoms with Crippen molar-refractivity contribution in [2.45, 2.75) is 69.3 Å². The molecule has 0 saturated carbocycles. The highest BCUT2D eigenvalue weighted by molar-refractivity contribution is 5.94. The average Bonchev–Trinajstić information content (AvgIpc) is 2.86. The van der Waals surface area contributed by atoms with Crippen molar-refractivity contribution in [1.82, 2.24) is 16.0 Å². The van der Waals surface area contributed by atoms with E-state index in [9.17, 15) is 34.2 Å². The molecule has 0 aliphatic carbocycles. The Hall–Kier alpha value is -4.24. The summed E-state index contributed by atoms with van der Waals surface area (Å²) in [6.07, 6.45) is -2.02. The van der Waals surface area contributed by atoms with Crippen molar-refractivity contribution in [2.75, 3.05) is 6.54 Å². The highest BCUT2D eigenvalue weighted by Crippen LogP contribution is 2.06. The Kier molecular flexibility index (Phi) is 13.9. The summed E-state index contributed by atoms with van der Waals surface area (Å²) in [4.78, 5) is 64.9. The maximum atomic E-state index is 12.9. The molecule has 0 aliphatic heterocycles. The number of hydrogen-bond donors (Lipinski definition) is 9. The number of nitrogens with two attached hydrogens (primary N) is 3. The van der Waals surface area contributed by atoms with Crippen molar-refractivity contribution in [3.8, 4) is 0 Å². The molecule has 12 N–H and O–H groups in total. The minimum atomic E-state index is -1.53. The number of carboxylic acid groups (broad SMARTS) is 2. The first kappa shape index (κ1) is 32.8. The lowest BCUT2D eigenvalue weighted by molar-refractivity contribution is -0.143. The number of rotatable bonds is 17. The van der Waals surface area contributed by atoms with E-state index in [-0.39, 0.29) is 38.2 Å². The van der Waals surface area contributed by atoms with Gasteiger partial charge in [-0.25, -0.2) is 4.79 Å². The number of amides is 3. The quantitative estimate of drug-likeness (QED) is 0.0549. The zero-order valence-electron chi connectivity index (χ0n) is 21.6. The lowest BCUT2D eigenvalue weighted by Crippen LogP contribution is -2.60. The fourth-order valence-electron chi connectivity index (χ4n) is 3.46. The molecule has 0 aliphatic rings. The van der Waals surface area contributed by atoms with Gasteiger partial charge in [0.2, 0.25) is 17.7 Å². The second-order valence-corrected chi connectivity index (χ2v) is 8.86. The van der Waals surface area contributed by atoms with Crippen molar-refractivity contribution >= 4 is 35.6 Å². The molecule has 0 fully saturated rings. The number of aliphatic imine (C=N–C) groups is 1. The molecule has 3 amide bonds. The number of aliphatic hydroxyl groups is 1. The van der Waals surface area contributed by atoms with Crippen LogP contribution in [0.25, 0.3) is 0 Å². The van der Waals surface area contributed by atoms with E-state index in [2.05, 4.69) is 20.9 Å². The molecule has 5 atom stereocenters. The van der Waals surface area contributed by atoms with Gasteiger partial charge >= 0.3 is 11.9 Å². The monoisotopic (exact) mass is 551 g/mol. The third-order valence-electron chi connectivity index (χ3n) is 5.54. The maximum absolute atomic E-state index is 12.9. The molecule has 1 aromatic carbocycles. The second-order valence-electron chi connectivity index (χ2n) is 8.86. The van der Waals surface area contributed by atoms with Crippen LogP contribution in [0, 0.1) is 0 Å². The molecule has 216 valence electrons. The summed E-state index contributed by atoms with van der Waals surface area (Å²) < 4.78 is 0. The first-order chi connectivity index (χ1) is 18.3. The van der Waals surface area contributed by atoms with Gasteiger partial charge in [-0.1, -0.05) is 30.3 Å². The normalized spacial score (nSPS) is 14.5. The lowest BCUT2D eigenvalue weighted by Gasteiger charge is -2.26. The molecule has 1 aromatic rings. The number of nitrogens with one attached hydrogen (secondary N) is 3. The Morgan fingerprint density at radius 2 is 1.51 bits per heavy atom. The van der Waals surface area contributed by atoms with Gasteiger partial charge in [0, 0.05) is 13.0 Å². The molecule has 15 nitrogen and oxygen atoms in total. The molecule has 5 unspecified atom stereocenters. The van der Waals surface area contributed by atoms with Crippen LogP contribution in [0.3, 0.4) is 0 Å². The van der Waals surface area contributed by atoms with Crippen LogP contribution < -0.4 is 33.2 Å². The summed E-state index contributed by atoms with van der Waals surface area (Å²) >= 11 is 0. The zero-order valence-corrected chi connectivity index (χ0v) is 21.6. The molecule has 0 radical (unpaired) electrons. The number of carboxylic acids is 2. The summed E-state index contributed by atoms with van der Waals surface area (Å²) in [5.41, 5.74) is 17.2. The number of hydrogen-bond acceptors (Lipinski definition) is 8. The van der Waals surface area contributed by atoms with E-state index in [0.717, 1.165) is 5.56 Å². The number of nitrogens with zero attached hydrogens (tertiary/aromatic N) is 1. The van der Waals surface area contributed by atoms with Crippen LogP contribution in [0.4, 0.5) is 0 Å². The van der Waals surface area contributed by atoms with Gasteiger partial charge in [0.15, 0.2) is 5.96 Å². The number of guanidine groups is 1. The molecule has 0 bridgehead atoms. The minimum absolute atomic E-state index is 0.0525. The van der Waals surface area contributed by atoms with E-state index in [1.54, 1.807) is 30.3 Å². The van der Waals surface area contributed by atoms with E-state index in [4.69, 9.17) is 22.3 Å². The first-order valence-corrected chi connectivity index (χ1v) is 12.2. The lowest BCUT2D eigenvalue weighted by atomic mass is 10.0. The molecular formula is C24H37N7O8. The fourth-order valence-corrected chi connectivity index (χ4v) is 3.46. The molecule has 0 saturated heterocycles. The Morgan fingerprint density at radius 1 is 0.897 bits per heavy atom. The van der Waals surface area contributed by atoms with Crippen LogP contribution in [0.15, 0.2) is 35.3 Å². The molecule has 0 heterocycles. The third kappa shape index (κ3) is 12.7. The number of benzene rings is 1. The van der Waals surface area contributed by atoms with Crippen LogP contribution in [0.5, 0.6) is 0 Å². The van der Waals surface area contributed by atoms with E-state index in [1.807, 2.05) is 0 Å². The summed E-state index contributed by atoms with van der Waals surface area (Å²) in [6.45, 7) is 1.35. The Balaban J connectivity index is 2.93. The van der Waals surface area contributed by atoms with Crippen LogP contribution >= 0.6 is 0 Å². The Morgan fingerprint density at radius 3 is 2.05 bits per heavy atom. The minimum Gasteiger partial charge on any atom is -0.481 e. The predicted octanol–water partition coefficient (Wildman–Crippen LogP) is -2.61. The van der Waals surface area contributed by atoms with E-state index >= 15 is 0 Å². The van der Waals surface area contributed by atoms with Crippen molar-refractivity contribution in [3.63, 3.8) is 0 Å². The molecule has 15 heteroatoms. The summed E-state index contributed by atoms with van der Waals surface area (Å²) in [5.74, 6) is -5.49. The van der Waals surface area contributed by atoms with Crippen molar-refractivity contribution < 1.29 is 39.3 Å². The van der Waals surface area contributed by atoms with E-state index < -0.39 is 66.4 Å². The van der Waals surface area contributed by atoms with Gasteiger partial charge in [-0.05, 0) is 38.2 Å². The number of aliphatic hydroxyl groups excluding tert-OH is 1. The smallest absolute Gasteiger partial charge is 0.326 e. The number of carbonyl (C=O) groups excluding carboxylic acids is 3. The molecule has 0 aromatic heterocycles. The first-order valence-electron chi connectivity index (χ1n) is 12.2. The van der Waals surface area contributed by atoms with E-state index in [0.29, 0.717) is 0 Å². The van der Waals surface area contributed by atoms with Gasteiger partial charge in [-0.3, -0.25) is 24.2 Å². The highest BCUT2D eigenvalue weighted by Gasteiger charge is 2.32. The third-order valence-corrected chi connectivity index (χ3v) is 5.54. The standard InChI is InChI=1S/C24H37N7O8/c1-13(32)19(31-20(35)15(25)12-14-6-3-2-4-7-14)22(37)29-16(9-10-18(33)34)21(36)30-17(23(38)39)8-5-11-28-24(26)27/h2-4,6-7,13,15-17,19,32H,5,8-12,25H2,1H3,(H,29,37)(H,30,36)(H,31,35)(H,33,34)(H,38,39)(H4,26,27,28). The zero-order chi connectivity index (χ0) is 29.5. The van der Waals surface area contributed by atoms with E-state index in [1.165, 1.54) is 6.92 Å². The summed E-state index contributed by atoms with van der Waals surface area (Å²) in [7, 11) is 0. The van der Waals surface area contributed by atoms with Crippen LogP contribution in [0.2, 0.25) is 0 Å². The molecular weight excluding hydrogens is 514 g/mol. The Bertz CT molecular complexity index is 1010. The number of carbonyl (C=O) groups is 5. The van der Waals surface area contributed by atoms with Crippen molar-refractivity contribution in [3.05, 3.63) is 35.9 Å². The van der Waals surface area contributed by atoms with Crippen LogP contribution in [-0.2, 0) is 30.4 Å². The average molecular weight is 552 g/mol. The second kappa shape index (κ2) is 16.6. The number of aliphatic carboxylic acids is 2.